The fraction of sp³-hybridized carbons (Fsp3) is 0.278. The molecule has 1 aliphatic carbocycles. The van der Waals surface area contributed by atoms with Crippen LogP contribution in [0.3, 0.4) is 0 Å². The highest BCUT2D eigenvalue weighted by molar-refractivity contribution is 7.92. The third kappa shape index (κ3) is 8.16. The molecule has 4 aromatic rings. The Morgan fingerprint density at radius 2 is 1.47 bits per heavy atom. The number of benzene rings is 4. The first-order chi connectivity index (χ1) is 21.7. The Morgan fingerprint density at radius 1 is 0.844 bits per heavy atom. The van der Waals surface area contributed by atoms with Crippen LogP contribution in [0.1, 0.15) is 42.4 Å². The largest absolute Gasteiger partial charge is 0.352 e. The molecular weight excluding hydrogens is 589 g/mol. The van der Waals surface area contributed by atoms with Gasteiger partial charge in [0.1, 0.15) is 18.4 Å². The van der Waals surface area contributed by atoms with Gasteiger partial charge in [-0.1, -0.05) is 91.2 Å². The number of rotatable bonds is 12. The van der Waals surface area contributed by atoms with Gasteiger partial charge in [0.15, 0.2) is 0 Å². The van der Waals surface area contributed by atoms with E-state index in [0.717, 1.165) is 58.8 Å². The fourth-order valence-corrected chi connectivity index (χ4v) is 7.20. The number of nitrogens with one attached hydrogen (secondary N) is 1. The second kappa shape index (κ2) is 14.5. The van der Waals surface area contributed by atoms with E-state index in [0.29, 0.717) is 0 Å². The smallest absolute Gasteiger partial charge is 0.264 e. The molecule has 4 aromatic carbocycles. The molecule has 5 rings (SSSR count). The van der Waals surface area contributed by atoms with Crippen molar-refractivity contribution in [1.29, 1.82) is 0 Å². The zero-order valence-corrected chi connectivity index (χ0v) is 26.1. The Balaban J connectivity index is 1.55. The van der Waals surface area contributed by atoms with Gasteiger partial charge >= 0.3 is 0 Å². The molecule has 0 heterocycles. The molecule has 0 aliphatic heterocycles. The molecule has 0 radical (unpaired) electrons. The zero-order chi connectivity index (χ0) is 31.8. The van der Waals surface area contributed by atoms with Gasteiger partial charge in [0, 0.05) is 19.0 Å². The summed E-state index contributed by atoms with van der Waals surface area (Å²) in [6, 6.07) is 29.2. The van der Waals surface area contributed by atoms with Gasteiger partial charge in [0.25, 0.3) is 10.0 Å². The summed E-state index contributed by atoms with van der Waals surface area (Å²) >= 11 is 0. The Kier molecular flexibility index (Phi) is 10.3. The lowest BCUT2D eigenvalue weighted by Gasteiger charge is -2.34. The molecule has 2 amide bonds. The maximum Gasteiger partial charge on any atom is 0.264 e. The number of aryl methyl sites for hydroxylation is 1. The van der Waals surface area contributed by atoms with Crippen molar-refractivity contribution in [3.8, 4) is 0 Å². The van der Waals surface area contributed by atoms with Gasteiger partial charge in [0.2, 0.25) is 11.8 Å². The Morgan fingerprint density at radius 3 is 2.11 bits per heavy atom. The van der Waals surface area contributed by atoms with E-state index in [4.69, 9.17) is 0 Å². The van der Waals surface area contributed by atoms with E-state index < -0.39 is 34.3 Å². The van der Waals surface area contributed by atoms with Crippen LogP contribution in [0.15, 0.2) is 114 Å². The molecule has 0 saturated heterocycles. The van der Waals surface area contributed by atoms with Crippen LogP contribution >= 0.6 is 0 Å². The summed E-state index contributed by atoms with van der Waals surface area (Å²) in [6.45, 7) is 1.50. The quantitative estimate of drug-likeness (QED) is 0.208. The van der Waals surface area contributed by atoms with Crippen LogP contribution in [0, 0.1) is 12.7 Å². The summed E-state index contributed by atoms with van der Waals surface area (Å²) in [4.78, 5) is 29.9. The summed E-state index contributed by atoms with van der Waals surface area (Å²) in [5.74, 6) is -1.37. The highest BCUT2D eigenvalue weighted by Gasteiger charge is 2.35. The van der Waals surface area contributed by atoms with E-state index in [1.54, 1.807) is 30.3 Å². The summed E-state index contributed by atoms with van der Waals surface area (Å²) in [7, 11) is -4.28. The Bertz CT molecular complexity index is 1690. The number of anilines is 1. The maximum atomic E-state index is 14.5. The monoisotopic (exact) mass is 627 g/mol. The summed E-state index contributed by atoms with van der Waals surface area (Å²) in [6.07, 6.45) is 4.09. The Labute approximate surface area is 264 Å². The standard InChI is InChI=1S/C36H38FN3O4S/c1-27-11-10-14-29(23-27)25-39(34(24-28-12-4-2-5-13-28)36(42)38-31-15-8-9-16-31)35(41)26-40(32-17-6-3-7-18-32)45(43,44)33-21-19-30(37)20-22-33/h2-7,10-14,17-23,31,34H,8-9,15-16,24-26H2,1H3,(H,38,42)/t34-/m0/s1. The molecule has 7 nitrogen and oxygen atoms in total. The molecule has 0 unspecified atom stereocenters. The van der Waals surface area contributed by atoms with Crippen LogP contribution in [-0.2, 0) is 32.6 Å². The molecule has 0 spiro atoms. The molecular formula is C36H38FN3O4S. The first-order valence-electron chi connectivity index (χ1n) is 15.2. The second-order valence-corrected chi connectivity index (χ2v) is 13.4. The minimum Gasteiger partial charge on any atom is -0.352 e. The van der Waals surface area contributed by atoms with E-state index in [9.17, 15) is 22.4 Å². The average molecular weight is 628 g/mol. The highest BCUT2D eigenvalue weighted by Crippen LogP contribution is 2.26. The van der Waals surface area contributed by atoms with Crippen molar-refractivity contribution in [3.05, 3.63) is 132 Å². The van der Waals surface area contributed by atoms with Crippen LogP contribution in [0.25, 0.3) is 0 Å². The number of amides is 2. The van der Waals surface area contributed by atoms with Gasteiger partial charge in [0.05, 0.1) is 10.6 Å². The SMILES string of the molecule is Cc1cccc(CN(C(=O)CN(c2ccccc2)S(=O)(=O)c2ccc(F)cc2)[C@@H](Cc2ccccc2)C(=O)NC2CCCC2)c1. The van der Waals surface area contributed by atoms with Crippen LogP contribution < -0.4 is 9.62 Å². The number of nitrogens with zero attached hydrogens (tertiary/aromatic N) is 2. The van der Waals surface area contributed by atoms with Crippen molar-refractivity contribution >= 4 is 27.5 Å². The molecule has 1 N–H and O–H groups in total. The first kappa shape index (κ1) is 31.9. The van der Waals surface area contributed by atoms with Gasteiger partial charge in [-0.2, -0.15) is 0 Å². The lowest BCUT2D eigenvalue weighted by atomic mass is 10.0. The van der Waals surface area contributed by atoms with E-state index >= 15 is 0 Å². The van der Waals surface area contributed by atoms with E-state index in [2.05, 4.69) is 5.32 Å². The van der Waals surface area contributed by atoms with Crippen LogP contribution in [0.4, 0.5) is 10.1 Å². The minimum absolute atomic E-state index is 0.0337. The van der Waals surface area contributed by atoms with E-state index in [-0.39, 0.29) is 35.5 Å². The highest BCUT2D eigenvalue weighted by atomic mass is 32.2. The van der Waals surface area contributed by atoms with Crippen molar-refractivity contribution in [3.63, 3.8) is 0 Å². The first-order valence-corrected chi connectivity index (χ1v) is 16.7. The average Bonchev–Trinajstić information content (AvgIpc) is 3.55. The van der Waals surface area contributed by atoms with Gasteiger partial charge in [-0.25, -0.2) is 12.8 Å². The normalized spacial score (nSPS) is 14.1. The van der Waals surface area contributed by atoms with Crippen molar-refractivity contribution < 1.29 is 22.4 Å². The number of para-hydroxylation sites is 1. The van der Waals surface area contributed by atoms with Gasteiger partial charge in [-0.05, 0) is 67.3 Å². The summed E-state index contributed by atoms with van der Waals surface area (Å²) < 4.78 is 42.7. The summed E-state index contributed by atoms with van der Waals surface area (Å²) in [5.41, 5.74) is 2.98. The van der Waals surface area contributed by atoms with Gasteiger partial charge in [-0.3, -0.25) is 13.9 Å². The fourth-order valence-electron chi connectivity index (χ4n) is 5.79. The van der Waals surface area contributed by atoms with Crippen molar-refractivity contribution in [1.82, 2.24) is 10.2 Å². The van der Waals surface area contributed by atoms with Crippen molar-refractivity contribution in [2.75, 3.05) is 10.8 Å². The predicted molar refractivity (Wildman–Crippen MR) is 173 cm³/mol. The molecule has 0 aromatic heterocycles. The number of hydrogen-bond donors (Lipinski definition) is 1. The van der Waals surface area contributed by atoms with Crippen molar-refractivity contribution in [2.24, 2.45) is 0 Å². The molecule has 1 fully saturated rings. The van der Waals surface area contributed by atoms with Crippen molar-refractivity contribution in [2.45, 2.75) is 62.6 Å². The number of halogens is 1. The van der Waals surface area contributed by atoms with E-state index in [1.807, 2.05) is 61.5 Å². The number of hydrogen-bond acceptors (Lipinski definition) is 4. The molecule has 1 aliphatic rings. The second-order valence-electron chi connectivity index (χ2n) is 11.5. The lowest BCUT2D eigenvalue weighted by molar-refractivity contribution is -0.140. The van der Waals surface area contributed by atoms with Crippen LogP contribution in [0.5, 0.6) is 0 Å². The topological polar surface area (TPSA) is 86.8 Å². The molecule has 1 saturated carbocycles. The minimum atomic E-state index is -4.28. The van der Waals surface area contributed by atoms with Gasteiger partial charge in [-0.15, -0.1) is 0 Å². The lowest BCUT2D eigenvalue weighted by Crippen LogP contribution is -2.54. The number of carbonyl (C=O) groups excluding carboxylic acids is 2. The summed E-state index contributed by atoms with van der Waals surface area (Å²) in [5, 5.41) is 3.18. The maximum absolute atomic E-state index is 14.5. The molecule has 45 heavy (non-hydrogen) atoms. The zero-order valence-electron chi connectivity index (χ0n) is 25.3. The third-order valence-corrected chi connectivity index (χ3v) is 9.92. The van der Waals surface area contributed by atoms with E-state index in [1.165, 1.54) is 17.0 Å². The van der Waals surface area contributed by atoms with Crippen LogP contribution in [0.2, 0.25) is 0 Å². The van der Waals surface area contributed by atoms with Gasteiger partial charge < -0.3 is 10.2 Å². The molecule has 234 valence electrons. The molecule has 1 atom stereocenters. The third-order valence-electron chi connectivity index (χ3n) is 8.13. The number of carbonyl (C=O) groups is 2. The predicted octanol–water partition coefficient (Wildman–Crippen LogP) is 6.03. The molecule has 0 bridgehead atoms. The molecule has 9 heteroatoms. The van der Waals surface area contributed by atoms with Crippen LogP contribution in [-0.4, -0.2) is 43.8 Å². The Hall–Kier alpha value is -4.50. The number of sulfonamides is 1.